The van der Waals surface area contributed by atoms with E-state index in [-0.39, 0.29) is 27.6 Å². The Bertz CT molecular complexity index is 1800. The molecule has 2 heterocycles. The molecule has 3 aromatic rings. The topological polar surface area (TPSA) is 129 Å². The third-order valence-corrected chi connectivity index (χ3v) is 10.4. The number of hydrogen-bond acceptors (Lipinski definition) is 7. The standard InChI is InChI=1S/C38H40Cl2F2N4O4/c1-37(2,24-13-15-46(16-14-24)20-23-7-4-3-5-8-23)19-31-38(22-43,28-12-11-25(39)17-30(28)41)33(27-9-6-10-29(40)34(27)42)35(45-31)36(49)50-21-26(47)18-32(44)48/h3-13,17,26,31,33,35,45,47H,14-16,18-21H2,1-2H3,(H2,44,48)/t26-,31-,33-,35+,38-/m0/s1. The molecule has 12 heteroatoms. The Labute approximate surface area is 300 Å². The highest BCUT2D eigenvalue weighted by atomic mass is 35.5. The maximum atomic E-state index is 16.1. The molecule has 4 N–H and O–H groups in total. The van der Waals surface area contributed by atoms with Crippen LogP contribution in [-0.4, -0.2) is 59.8 Å². The molecule has 2 aliphatic heterocycles. The number of carbonyl (C=O) groups excluding carboxylic acids is 2. The predicted molar refractivity (Wildman–Crippen MR) is 187 cm³/mol. The van der Waals surface area contributed by atoms with Crippen LogP contribution in [-0.2, 0) is 26.3 Å². The minimum atomic E-state index is -1.87. The maximum absolute atomic E-state index is 16.1. The van der Waals surface area contributed by atoms with E-state index in [1.54, 1.807) is 0 Å². The lowest BCUT2D eigenvalue weighted by atomic mass is 9.61. The van der Waals surface area contributed by atoms with Crippen molar-refractivity contribution >= 4 is 35.1 Å². The number of esters is 1. The van der Waals surface area contributed by atoms with Crippen LogP contribution in [0.1, 0.15) is 55.7 Å². The van der Waals surface area contributed by atoms with Gasteiger partial charge in [-0.05, 0) is 47.6 Å². The summed E-state index contributed by atoms with van der Waals surface area (Å²) in [4.78, 5) is 27.5. The van der Waals surface area contributed by atoms with Crippen molar-refractivity contribution in [3.05, 3.63) is 117 Å². The average molecular weight is 726 g/mol. The van der Waals surface area contributed by atoms with Gasteiger partial charge in [-0.1, -0.05) is 97.2 Å². The van der Waals surface area contributed by atoms with E-state index < -0.39 is 71.5 Å². The van der Waals surface area contributed by atoms with Crippen LogP contribution in [0.5, 0.6) is 0 Å². The van der Waals surface area contributed by atoms with Gasteiger partial charge in [0.1, 0.15) is 29.7 Å². The highest BCUT2D eigenvalue weighted by molar-refractivity contribution is 6.31. The Morgan fingerprint density at radius 3 is 2.54 bits per heavy atom. The van der Waals surface area contributed by atoms with Gasteiger partial charge in [-0.25, -0.2) is 8.78 Å². The van der Waals surface area contributed by atoms with E-state index in [4.69, 9.17) is 33.7 Å². The molecular weight excluding hydrogens is 685 g/mol. The molecule has 1 saturated heterocycles. The second kappa shape index (κ2) is 15.6. The quantitative estimate of drug-likeness (QED) is 0.150. The first-order valence-electron chi connectivity index (χ1n) is 16.4. The van der Waals surface area contributed by atoms with E-state index in [0.29, 0.717) is 6.54 Å². The first-order chi connectivity index (χ1) is 23.8. The zero-order valence-electron chi connectivity index (χ0n) is 27.8. The monoisotopic (exact) mass is 724 g/mol. The van der Waals surface area contributed by atoms with Crippen molar-refractivity contribution in [2.45, 2.75) is 69.2 Å². The second-order valence-corrected chi connectivity index (χ2v) is 14.5. The molecule has 0 radical (unpaired) electrons. The summed E-state index contributed by atoms with van der Waals surface area (Å²) in [6.45, 7) is 5.80. The number of rotatable bonds is 12. The summed E-state index contributed by atoms with van der Waals surface area (Å²) in [7, 11) is 0. The average Bonchev–Trinajstić information content (AvgIpc) is 3.38. The van der Waals surface area contributed by atoms with E-state index in [1.165, 1.54) is 35.9 Å². The number of nitriles is 1. The van der Waals surface area contributed by atoms with Crippen LogP contribution in [0.4, 0.5) is 8.78 Å². The fourth-order valence-electron chi connectivity index (χ4n) is 7.43. The minimum absolute atomic E-state index is 0.0715. The van der Waals surface area contributed by atoms with Gasteiger partial charge in [-0.2, -0.15) is 5.26 Å². The van der Waals surface area contributed by atoms with Crippen LogP contribution in [0.2, 0.25) is 10.0 Å². The number of nitrogens with two attached hydrogens (primary N) is 1. The van der Waals surface area contributed by atoms with Gasteiger partial charge in [-0.3, -0.25) is 19.8 Å². The largest absolute Gasteiger partial charge is 0.462 e. The lowest BCUT2D eigenvalue weighted by Gasteiger charge is -2.40. The molecule has 0 spiro atoms. The second-order valence-electron chi connectivity index (χ2n) is 13.7. The van der Waals surface area contributed by atoms with Crippen molar-refractivity contribution in [3.8, 4) is 6.07 Å². The number of primary amides is 1. The zero-order chi connectivity index (χ0) is 36.2. The number of nitrogens with zero attached hydrogens (tertiary/aromatic N) is 2. The Morgan fingerprint density at radius 1 is 1.16 bits per heavy atom. The maximum Gasteiger partial charge on any atom is 0.323 e. The van der Waals surface area contributed by atoms with Crippen LogP contribution in [0.3, 0.4) is 0 Å². The normalized spacial score (nSPS) is 23.2. The summed E-state index contributed by atoms with van der Waals surface area (Å²) in [5.41, 5.74) is 4.93. The molecule has 5 atom stereocenters. The fraction of sp³-hybridized carbons (Fsp3) is 0.395. The Kier molecular flexibility index (Phi) is 11.7. The number of halogens is 4. The van der Waals surface area contributed by atoms with Gasteiger partial charge in [0.05, 0.1) is 23.6 Å². The van der Waals surface area contributed by atoms with E-state index in [1.807, 2.05) is 32.0 Å². The first-order valence-corrected chi connectivity index (χ1v) is 17.2. The molecule has 1 amide bonds. The Hall–Kier alpha value is -3.85. The van der Waals surface area contributed by atoms with E-state index in [0.717, 1.165) is 31.1 Å². The predicted octanol–water partition coefficient (Wildman–Crippen LogP) is 6.19. The number of hydrogen-bond donors (Lipinski definition) is 3. The molecular formula is C38H40Cl2F2N4O4. The molecule has 2 aliphatic rings. The molecule has 50 heavy (non-hydrogen) atoms. The number of ether oxygens (including phenoxy) is 1. The summed E-state index contributed by atoms with van der Waals surface area (Å²) in [5.74, 6) is -4.73. The van der Waals surface area contributed by atoms with Gasteiger partial charge in [0.2, 0.25) is 5.91 Å². The number of benzene rings is 3. The van der Waals surface area contributed by atoms with Gasteiger partial charge in [-0.15, -0.1) is 0 Å². The number of aliphatic hydroxyl groups excluding tert-OH is 1. The summed E-state index contributed by atoms with van der Waals surface area (Å²) in [6, 6.07) is 18.4. The van der Waals surface area contributed by atoms with Crippen LogP contribution in [0.25, 0.3) is 0 Å². The lowest BCUT2D eigenvalue weighted by molar-refractivity contribution is -0.150. The van der Waals surface area contributed by atoms with Gasteiger partial charge < -0.3 is 15.6 Å². The van der Waals surface area contributed by atoms with Crippen molar-refractivity contribution in [3.63, 3.8) is 0 Å². The Morgan fingerprint density at radius 2 is 1.90 bits per heavy atom. The Balaban J connectivity index is 1.56. The fourth-order valence-corrected chi connectivity index (χ4v) is 7.77. The van der Waals surface area contributed by atoms with Crippen molar-refractivity contribution in [1.82, 2.24) is 10.2 Å². The van der Waals surface area contributed by atoms with Crippen LogP contribution in [0.15, 0.2) is 78.4 Å². The number of aliphatic hydroxyl groups is 1. The molecule has 5 rings (SSSR count). The smallest absolute Gasteiger partial charge is 0.323 e. The summed E-state index contributed by atoms with van der Waals surface area (Å²) < 4.78 is 37.5. The lowest BCUT2D eigenvalue weighted by Crippen LogP contribution is -2.46. The molecule has 0 aliphatic carbocycles. The zero-order valence-corrected chi connectivity index (χ0v) is 29.4. The molecule has 1 fully saturated rings. The third kappa shape index (κ3) is 7.88. The van der Waals surface area contributed by atoms with Crippen molar-refractivity contribution in [2.75, 3.05) is 19.7 Å². The van der Waals surface area contributed by atoms with Gasteiger partial charge in [0.25, 0.3) is 0 Å². The molecule has 0 saturated carbocycles. The molecule has 0 unspecified atom stereocenters. The van der Waals surface area contributed by atoms with Gasteiger partial charge in [0.15, 0.2) is 0 Å². The molecule has 0 aromatic heterocycles. The van der Waals surface area contributed by atoms with Crippen molar-refractivity contribution in [1.29, 1.82) is 5.26 Å². The number of amides is 1. The van der Waals surface area contributed by atoms with E-state index in [2.05, 4.69) is 34.5 Å². The van der Waals surface area contributed by atoms with Crippen molar-refractivity contribution < 1.29 is 28.2 Å². The summed E-state index contributed by atoms with van der Waals surface area (Å²) in [5, 5.41) is 24.5. The summed E-state index contributed by atoms with van der Waals surface area (Å²) in [6.07, 6.45) is 1.34. The third-order valence-electron chi connectivity index (χ3n) is 9.87. The van der Waals surface area contributed by atoms with Crippen LogP contribution >= 0.6 is 23.2 Å². The minimum Gasteiger partial charge on any atom is -0.462 e. The van der Waals surface area contributed by atoms with Gasteiger partial charge in [0, 0.05) is 42.2 Å². The molecule has 264 valence electrons. The molecule has 3 aromatic carbocycles. The van der Waals surface area contributed by atoms with E-state index >= 15 is 8.78 Å². The molecule has 0 bridgehead atoms. The highest BCUT2D eigenvalue weighted by Gasteiger charge is 2.62. The number of nitrogens with one attached hydrogen (secondary N) is 1. The van der Waals surface area contributed by atoms with Crippen molar-refractivity contribution in [2.24, 2.45) is 11.1 Å². The van der Waals surface area contributed by atoms with E-state index in [9.17, 15) is 20.0 Å². The number of carbonyl (C=O) groups is 2. The first kappa shape index (κ1) is 37.4. The summed E-state index contributed by atoms with van der Waals surface area (Å²) >= 11 is 12.4. The highest BCUT2D eigenvalue weighted by Crippen LogP contribution is 2.54. The van der Waals surface area contributed by atoms with Crippen LogP contribution in [0, 0.1) is 28.4 Å². The van der Waals surface area contributed by atoms with Gasteiger partial charge >= 0.3 is 5.97 Å². The SMILES string of the molecule is CC(C)(C[C@@H]1N[C@@H](C(=O)OC[C@@H](O)CC(N)=O)[C@H](c2cccc(Cl)c2F)[C@@]1(C#N)c1ccc(Cl)cc1F)C1=CCN(Cc2ccccc2)CC1. The molecule has 8 nitrogen and oxygen atoms in total. The van der Waals surface area contributed by atoms with Crippen LogP contribution < -0.4 is 11.1 Å².